The van der Waals surface area contributed by atoms with E-state index in [1.54, 1.807) is 12.1 Å². The summed E-state index contributed by atoms with van der Waals surface area (Å²) in [5.74, 6) is -1.24. The Morgan fingerprint density at radius 3 is 2.15 bits per heavy atom. The first-order valence-corrected chi connectivity index (χ1v) is 9.67. The molecule has 0 heterocycles. The molecule has 4 nitrogen and oxygen atoms in total. The smallest absolute Gasteiger partial charge is 0.306 e. The zero-order valence-electron chi connectivity index (χ0n) is 15.8. The number of unbranched alkanes of at least 4 members (excludes halogenated alkanes) is 7. The van der Waals surface area contributed by atoms with Crippen LogP contribution in [0.4, 0.5) is 4.39 Å². The molecule has 0 N–H and O–H groups in total. The summed E-state index contributed by atoms with van der Waals surface area (Å²) in [6.07, 6.45) is 9.49. The summed E-state index contributed by atoms with van der Waals surface area (Å²) < 4.78 is 23.1. The lowest BCUT2D eigenvalue weighted by atomic mass is 10.1. The minimum atomic E-state index is -0.488. The standard InChI is InChI=1S/C21H31FO4/c1-2-3-4-5-6-7-8-9-15-25-20(23)13-14-21(24)26-17-18-11-10-12-19(22)16-18/h10-12,16H,2-9,13-15,17H2,1H3. The van der Waals surface area contributed by atoms with E-state index in [2.05, 4.69) is 6.92 Å². The number of esters is 2. The van der Waals surface area contributed by atoms with Gasteiger partial charge in [-0.05, 0) is 24.1 Å². The van der Waals surface area contributed by atoms with Gasteiger partial charge in [0.1, 0.15) is 12.4 Å². The maximum Gasteiger partial charge on any atom is 0.306 e. The molecule has 0 spiro atoms. The number of halogens is 1. The second-order valence-electron chi connectivity index (χ2n) is 6.49. The van der Waals surface area contributed by atoms with E-state index in [1.165, 1.54) is 50.7 Å². The maximum atomic E-state index is 13.0. The Bertz CT molecular complexity index is 530. The second kappa shape index (κ2) is 14.3. The normalized spacial score (nSPS) is 10.5. The van der Waals surface area contributed by atoms with Gasteiger partial charge in [-0.25, -0.2) is 4.39 Å². The van der Waals surface area contributed by atoms with Crippen molar-refractivity contribution >= 4 is 11.9 Å². The first-order valence-electron chi connectivity index (χ1n) is 9.67. The van der Waals surface area contributed by atoms with Crippen molar-refractivity contribution in [1.29, 1.82) is 0 Å². The summed E-state index contributed by atoms with van der Waals surface area (Å²) in [5.41, 5.74) is 0.579. The van der Waals surface area contributed by atoms with Crippen molar-refractivity contribution in [2.45, 2.75) is 77.7 Å². The van der Waals surface area contributed by atoms with Gasteiger partial charge >= 0.3 is 11.9 Å². The molecule has 26 heavy (non-hydrogen) atoms. The predicted octanol–water partition coefficient (Wildman–Crippen LogP) is 5.33. The first-order chi connectivity index (χ1) is 12.6. The summed E-state index contributed by atoms with van der Waals surface area (Å²) in [5, 5.41) is 0. The van der Waals surface area contributed by atoms with E-state index in [1.807, 2.05) is 0 Å². The molecule has 0 bridgehead atoms. The third kappa shape index (κ3) is 11.6. The number of hydrogen-bond donors (Lipinski definition) is 0. The Balaban J connectivity index is 1.98. The monoisotopic (exact) mass is 366 g/mol. The molecule has 1 aromatic rings. The highest BCUT2D eigenvalue weighted by atomic mass is 19.1. The van der Waals surface area contributed by atoms with Crippen LogP contribution in [0.1, 0.15) is 76.7 Å². The fraction of sp³-hybridized carbons (Fsp3) is 0.619. The van der Waals surface area contributed by atoms with Crippen molar-refractivity contribution < 1.29 is 23.5 Å². The third-order valence-corrected chi connectivity index (χ3v) is 4.08. The van der Waals surface area contributed by atoms with Gasteiger partial charge in [0, 0.05) is 0 Å². The molecule has 0 fully saturated rings. The lowest BCUT2D eigenvalue weighted by molar-refractivity contribution is -0.151. The van der Waals surface area contributed by atoms with Crippen molar-refractivity contribution in [3.05, 3.63) is 35.6 Å². The van der Waals surface area contributed by atoms with Gasteiger partial charge in [-0.15, -0.1) is 0 Å². The average Bonchev–Trinajstić information content (AvgIpc) is 2.63. The van der Waals surface area contributed by atoms with Crippen molar-refractivity contribution in [2.75, 3.05) is 6.61 Å². The van der Waals surface area contributed by atoms with Crippen molar-refractivity contribution in [1.82, 2.24) is 0 Å². The highest BCUT2D eigenvalue weighted by molar-refractivity contribution is 5.77. The van der Waals surface area contributed by atoms with Crippen LogP contribution < -0.4 is 0 Å². The number of hydrogen-bond acceptors (Lipinski definition) is 4. The molecular formula is C21H31FO4. The highest BCUT2D eigenvalue weighted by Crippen LogP contribution is 2.09. The van der Waals surface area contributed by atoms with Gasteiger partial charge in [0.05, 0.1) is 19.4 Å². The van der Waals surface area contributed by atoms with Crippen molar-refractivity contribution in [3.8, 4) is 0 Å². The number of carbonyl (C=O) groups excluding carboxylic acids is 2. The van der Waals surface area contributed by atoms with Crippen molar-refractivity contribution in [3.63, 3.8) is 0 Å². The van der Waals surface area contributed by atoms with Crippen LogP contribution in [0.15, 0.2) is 24.3 Å². The Morgan fingerprint density at radius 2 is 1.50 bits per heavy atom. The van der Waals surface area contributed by atoms with E-state index in [-0.39, 0.29) is 31.2 Å². The molecule has 0 aromatic heterocycles. The van der Waals surface area contributed by atoms with E-state index < -0.39 is 5.97 Å². The van der Waals surface area contributed by atoms with Crippen LogP contribution in [-0.2, 0) is 25.7 Å². The summed E-state index contributed by atoms with van der Waals surface area (Å²) in [6, 6.07) is 5.87. The van der Waals surface area contributed by atoms with Gasteiger partial charge in [-0.3, -0.25) is 9.59 Å². The molecule has 146 valence electrons. The van der Waals surface area contributed by atoms with Crippen LogP contribution in [0.2, 0.25) is 0 Å². The largest absolute Gasteiger partial charge is 0.466 e. The van der Waals surface area contributed by atoms with Crippen LogP contribution in [0.25, 0.3) is 0 Å². The Morgan fingerprint density at radius 1 is 0.885 bits per heavy atom. The zero-order chi connectivity index (χ0) is 19.0. The van der Waals surface area contributed by atoms with Gasteiger partial charge in [-0.1, -0.05) is 64.0 Å². The van der Waals surface area contributed by atoms with Gasteiger partial charge in [-0.2, -0.15) is 0 Å². The third-order valence-electron chi connectivity index (χ3n) is 4.08. The Labute approximate surface area is 156 Å². The zero-order valence-corrected chi connectivity index (χ0v) is 15.8. The maximum absolute atomic E-state index is 13.0. The molecule has 0 aliphatic rings. The van der Waals surface area contributed by atoms with Crippen LogP contribution in [-0.4, -0.2) is 18.5 Å². The highest BCUT2D eigenvalue weighted by Gasteiger charge is 2.09. The topological polar surface area (TPSA) is 52.6 Å². The summed E-state index contributed by atoms with van der Waals surface area (Å²) in [6.45, 7) is 2.62. The lowest BCUT2D eigenvalue weighted by Gasteiger charge is -2.06. The fourth-order valence-corrected chi connectivity index (χ4v) is 2.56. The first kappa shape index (κ1) is 22.1. The molecule has 5 heteroatoms. The van der Waals surface area contributed by atoms with Crippen LogP contribution in [0.5, 0.6) is 0 Å². The van der Waals surface area contributed by atoms with E-state index in [4.69, 9.17) is 9.47 Å². The van der Waals surface area contributed by atoms with Gasteiger partial charge in [0.25, 0.3) is 0 Å². The van der Waals surface area contributed by atoms with Crippen molar-refractivity contribution in [2.24, 2.45) is 0 Å². The summed E-state index contributed by atoms with van der Waals surface area (Å²) in [7, 11) is 0. The van der Waals surface area contributed by atoms with E-state index in [0.717, 1.165) is 12.8 Å². The second-order valence-corrected chi connectivity index (χ2v) is 6.49. The Hall–Kier alpha value is -1.91. The number of rotatable bonds is 14. The lowest BCUT2D eigenvalue weighted by Crippen LogP contribution is -2.11. The summed E-state index contributed by atoms with van der Waals surface area (Å²) in [4.78, 5) is 23.2. The van der Waals surface area contributed by atoms with Gasteiger partial charge < -0.3 is 9.47 Å². The predicted molar refractivity (Wildman–Crippen MR) is 99.0 cm³/mol. The summed E-state index contributed by atoms with van der Waals surface area (Å²) >= 11 is 0. The van der Waals surface area contributed by atoms with Crippen LogP contribution in [0.3, 0.4) is 0 Å². The number of carbonyl (C=O) groups is 2. The van der Waals surface area contributed by atoms with Gasteiger partial charge in [0.2, 0.25) is 0 Å². The molecule has 1 aromatic carbocycles. The molecule has 0 radical (unpaired) electrons. The van der Waals surface area contributed by atoms with E-state index in [0.29, 0.717) is 12.2 Å². The molecule has 0 aliphatic carbocycles. The molecule has 0 unspecified atom stereocenters. The molecule has 0 saturated carbocycles. The van der Waals surface area contributed by atoms with E-state index >= 15 is 0 Å². The SMILES string of the molecule is CCCCCCCCCCOC(=O)CCC(=O)OCc1cccc(F)c1. The minimum absolute atomic E-state index is 0.00387. The number of benzene rings is 1. The van der Waals surface area contributed by atoms with E-state index in [9.17, 15) is 14.0 Å². The molecular weight excluding hydrogens is 335 g/mol. The van der Waals surface area contributed by atoms with Gasteiger partial charge in [0.15, 0.2) is 0 Å². The Kier molecular flexibility index (Phi) is 12.2. The molecule has 0 saturated heterocycles. The molecule has 0 aliphatic heterocycles. The molecule has 0 atom stereocenters. The van der Waals surface area contributed by atoms with Crippen LogP contribution >= 0.6 is 0 Å². The quantitative estimate of drug-likeness (QED) is 0.330. The fourth-order valence-electron chi connectivity index (χ4n) is 2.56. The minimum Gasteiger partial charge on any atom is -0.466 e. The number of ether oxygens (including phenoxy) is 2. The molecule has 0 amide bonds. The molecule has 1 rings (SSSR count). The average molecular weight is 366 g/mol. The van der Waals surface area contributed by atoms with Crippen LogP contribution in [0, 0.1) is 5.82 Å².